The lowest BCUT2D eigenvalue weighted by Crippen LogP contribution is -2.34. The number of halogens is 4. The first-order chi connectivity index (χ1) is 15.9. The van der Waals surface area contributed by atoms with Gasteiger partial charge in [0, 0.05) is 24.2 Å². The Morgan fingerprint density at radius 3 is 2.48 bits per heavy atom. The van der Waals surface area contributed by atoms with Crippen molar-refractivity contribution in [3.8, 4) is 11.1 Å². The van der Waals surface area contributed by atoms with E-state index in [0.717, 1.165) is 18.2 Å². The number of anilines is 1. The zero-order valence-electron chi connectivity index (χ0n) is 17.1. The quantitative estimate of drug-likeness (QED) is 0.363. The highest BCUT2D eigenvalue weighted by atomic mass is 19.1. The number of aromatic nitrogens is 1. The maximum absolute atomic E-state index is 14.2. The second-order valence-corrected chi connectivity index (χ2v) is 7.76. The second kappa shape index (κ2) is 8.23. The average molecular weight is 455 g/mol. The van der Waals surface area contributed by atoms with Crippen LogP contribution in [0.3, 0.4) is 0 Å². The molecule has 4 aromatic rings. The third-order valence-electron chi connectivity index (χ3n) is 5.62. The predicted molar refractivity (Wildman–Crippen MR) is 113 cm³/mol. The number of nitrogens with zero attached hydrogens (tertiary/aromatic N) is 2. The van der Waals surface area contributed by atoms with Crippen LogP contribution in [0.1, 0.15) is 24.8 Å². The summed E-state index contributed by atoms with van der Waals surface area (Å²) < 4.78 is 60.3. The fourth-order valence-corrected chi connectivity index (χ4v) is 4.02. The third-order valence-corrected chi connectivity index (χ3v) is 5.62. The first kappa shape index (κ1) is 21.0. The molecule has 1 aromatic heterocycles. The lowest BCUT2D eigenvalue weighted by Gasteiger charge is -2.22. The van der Waals surface area contributed by atoms with Crippen molar-refractivity contribution in [3.63, 3.8) is 0 Å². The van der Waals surface area contributed by atoms with E-state index in [1.807, 2.05) is 0 Å². The molecule has 0 spiro atoms. The van der Waals surface area contributed by atoms with Crippen molar-refractivity contribution in [2.24, 2.45) is 0 Å². The lowest BCUT2D eigenvalue weighted by molar-refractivity contribution is 0.198. The predicted octanol–water partition coefficient (Wildman–Crippen LogP) is 6.42. The monoisotopic (exact) mass is 455 g/mol. The number of hydrogen-bond acceptors (Lipinski definition) is 3. The molecule has 1 aliphatic heterocycles. The number of hydrogen-bond donors (Lipinski definition) is 1. The Bertz CT molecular complexity index is 1370. The van der Waals surface area contributed by atoms with Gasteiger partial charge in [-0.15, -0.1) is 0 Å². The second-order valence-electron chi connectivity index (χ2n) is 7.76. The van der Waals surface area contributed by atoms with Gasteiger partial charge in [-0.2, -0.15) is 0 Å². The number of oxazole rings is 1. The maximum atomic E-state index is 14.2. The van der Waals surface area contributed by atoms with Crippen LogP contribution < -0.4 is 5.32 Å². The van der Waals surface area contributed by atoms with Crippen LogP contribution in [0.25, 0.3) is 22.2 Å². The smallest absolute Gasteiger partial charge is 0.322 e. The fourth-order valence-electron chi connectivity index (χ4n) is 4.02. The summed E-state index contributed by atoms with van der Waals surface area (Å²) >= 11 is 0. The SMILES string of the molecule is O=C(Nc1ccc(F)cc1F)N1CCCC1c1nc2cc(-c3ccc(F)cc3F)ccc2o1. The van der Waals surface area contributed by atoms with E-state index < -0.39 is 35.3 Å². The number of fused-ring (bicyclic) bond motifs is 1. The molecule has 2 amide bonds. The van der Waals surface area contributed by atoms with Crippen LogP contribution in [0.2, 0.25) is 0 Å². The molecule has 168 valence electrons. The Balaban J connectivity index is 1.41. The van der Waals surface area contributed by atoms with E-state index in [4.69, 9.17) is 4.42 Å². The minimum Gasteiger partial charge on any atom is -0.438 e. The van der Waals surface area contributed by atoms with Crippen molar-refractivity contribution in [2.45, 2.75) is 18.9 Å². The van der Waals surface area contributed by atoms with Gasteiger partial charge in [0.1, 0.15) is 34.8 Å². The van der Waals surface area contributed by atoms with Crippen LogP contribution in [0, 0.1) is 23.3 Å². The molecule has 0 radical (unpaired) electrons. The Hall–Kier alpha value is -3.88. The number of urea groups is 1. The molecule has 0 saturated carbocycles. The Labute approximate surface area is 185 Å². The number of carbonyl (C=O) groups is 1. The summed E-state index contributed by atoms with van der Waals surface area (Å²) in [4.78, 5) is 18.7. The van der Waals surface area contributed by atoms with Crippen molar-refractivity contribution in [1.82, 2.24) is 9.88 Å². The molecule has 1 saturated heterocycles. The summed E-state index contributed by atoms with van der Waals surface area (Å²) in [5, 5.41) is 2.46. The molecule has 2 heterocycles. The van der Waals surface area contributed by atoms with E-state index >= 15 is 0 Å². The molecule has 5 nitrogen and oxygen atoms in total. The molecular formula is C24H17F4N3O2. The topological polar surface area (TPSA) is 58.4 Å². The number of amides is 2. The molecule has 3 aromatic carbocycles. The Morgan fingerprint density at radius 1 is 0.970 bits per heavy atom. The van der Waals surface area contributed by atoms with E-state index in [0.29, 0.717) is 48.0 Å². The summed E-state index contributed by atoms with van der Waals surface area (Å²) in [6.07, 6.45) is 1.28. The fraction of sp³-hybridized carbons (Fsp3) is 0.167. The van der Waals surface area contributed by atoms with E-state index in [2.05, 4.69) is 10.3 Å². The summed E-state index contributed by atoms with van der Waals surface area (Å²) in [6, 6.07) is 10.1. The third kappa shape index (κ3) is 4.02. The average Bonchev–Trinajstić information content (AvgIpc) is 3.42. The zero-order chi connectivity index (χ0) is 23.1. The van der Waals surface area contributed by atoms with Crippen LogP contribution >= 0.6 is 0 Å². The molecule has 0 bridgehead atoms. The molecule has 9 heteroatoms. The lowest BCUT2D eigenvalue weighted by atomic mass is 10.0. The molecular weight excluding hydrogens is 438 g/mol. The number of carbonyl (C=O) groups excluding carboxylic acids is 1. The normalized spacial score (nSPS) is 15.9. The van der Waals surface area contributed by atoms with Gasteiger partial charge in [0.2, 0.25) is 5.89 Å². The molecule has 1 atom stereocenters. The van der Waals surface area contributed by atoms with Gasteiger partial charge in [-0.05, 0) is 54.8 Å². The molecule has 1 unspecified atom stereocenters. The van der Waals surface area contributed by atoms with Gasteiger partial charge >= 0.3 is 6.03 Å². The van der Waals surface area contributed by atoms with Gasteiger partial charge in [-0.3, -0.25) is 0 Å². The first-order valence-corrected chi connectivity index (χ1v) is 10.3. The number of likely N-dealkylation sites (tertiary alicyclic amines) is 1. The highest BCUT2D eigenvalue weighted by Crippen LogP contribution is 2.35. The summed E-state index contributed by atoms with van der Waals surface area (Å²) in [5.41, 5.74) is 1.52. The number of nitrogens with one attached hydrogen (secondary N) is 1. The van der Waals surface area contributed by atoms with Gasteiger partial charge in [0.05, 0.1) is 5.69 Å². The van der Waals surface area contributed by atoms with Crippen molar-refractivity contribution >= 4 is 22.8 Å². The Morgan fingerprint density at radius 2 is 1.73 bits per heavy atom. The van der Waals surface area contributed by atoms with Crippen molar-refractivity contribution in [2.75, 3.05) is 11.9 Å². The van der Waals surface area contributed by atoms with Gasteiger partial charge in [-0.1, -0.05) is 6.07 Å². The van der Waals surface area contributed by atoms with Gasteiger partial charge in [0.25, 0.3) is 0 Å². The highest BCUT2D eigenvalue weighted by Gasteiger charge is 2.34. The first-order valence-electron chi connectivity index (χ1n) is 10.3. The zero-order valence-corrected chi connectivity index (χ0v) is 17.1. The standard InChI is InChI=1S/C24H17F4N3O2/c25-14-4-6-16(17(27)11-14)13-3-8-22-20(10-13)29-23(33-22)21-2-1-9-31(21)24(32)30-19-7-5-15(26)12-18(19)28/h3-8,10-12,21H,1-2,9H2,(H,30,32). The molecule has 1 N–H and O–H groups in total. The van der Waals surface area contributed by atoms with Crippen LogP contribution in [-0.2, 0) is 0 Å². The molecule has 1 aliphatic rings. The molecule has 0 aliphatic carbocycles. The number of rotatable bonds is 3. The van der Waals surface area contributed by atoms with Crippen LogP contribution in [0.4, 0.5) is 28.0 Å². The molecule has 1 fully saturated rings. The summed E-state index contributed by atoms with van der Waals surface area (Å²) in [5.74, 6) is -2.67. The van der Waals surface area contributed by atoms with Crippen molar-refractivity contribution in [1.29, 1.82) is 0 Å². The van der Waals surface area contributed by atoms with E-state index in [-0.39, 0.29) is 11.3 Å². The van der Waals surface area contributed by atoms with E-state index in [1.165, 1.54) is 17.0 Å². The highest BCUT2D eigenvalue weighted by molar-refractivity contribution is 5.90. The van der Waals surface area contributed by atoms with Gasteiger partial charge < -0.3 is 14.6 Å². The van der Waals surface area contributed by atoms with E-state index in [9.17, 15) is 22.4 Å². The van der Waals surface area contributed by atoms with Crippen LogP contribution in [0.5, 0.6) is 0 Å². The van der Waals surface area contributed by atoms with E-state index in [1.54, 1.807) is 18.2 Å². The van der Waals surface area contributed by atoms with Crippen LogP contribution in [-0.4, -0.2) is 22.5 Å². The summed E-state index contributed by atoms with van der Waals surface area (Å²) in [7, 11) is 0. The largest absolute Gasteiger partial charge is 0.438 e. The number of benzene rings is 3. The van der Waals surface area contributed by atoms with Gasteiger partial charge in [0.15, 0.2) is 5.58 Å². The molecule has 5 rings (SSSR count). The maximum Gasteiger partial charge on any atom is 0.322 e. The van der Waals surface area contributed by atoms with Gasteiger partial charge in [-0.25, -0.2) is 27.3 Å². The molecule has 33 heavy (non-hydrogen) atoms. The summed E-state index contributed by atoms with van der Waals surface area (Å²) in [6.45, 7) is 0.407. The minimum atomic E-state index is -0.874. The van der Waals surface area contributed by atoms with Crippen molar-refractivity contribution in [3.05, 3.63) is 83.8 Å². The van der Waals surface area contributed by atoms with Crippen LogP contribution in [0.15, 0.2) is 59.0 Å². The van der Waals surface area contributed by atoms with Crippen molar-refractivity contribution < 1.29 is 26.8 Å². The Kier molecular flexibility index (Phi) is 5.24. The minimum absolute atomic E-state index is 0.129.